The van der Waals surface area contributed by atoms with Crippen LogP contribution in [-0.4, -0.2) is 32.7 Å². The van der Waals surface area contributed by atoms with Crippen LogP contribution in [0, 0.1) is 6.92 Å². The standard InChI is InChI=1S/C15H18N2O4S/c1-11-8-9-21-14(11)15(18)16-10-12-6-4-5-7-13(12)22(19,20)17(2)3/h4-9H,10H2,1-3H3,(H,16,18). The molecule has 2 rings (SSSR count). The molecule has 22 heavy (non-hydrogen) atoms. The fraction of sp³-hybridized carbons (Fsp3) is 0.267. The third-order valence-electron chi connectivity index (χ3n) is 3.24. The number of nitrogens with one attached hydrogen (secondary N) is 1. The quantitative estimate of drug-likeness (QED) is 0.910. The molecule has 0 bridgehead atoms. The number of amides is 1. The minimum absolute atomic E-state index is 0.0994. The van der Waals surface area contributed by atoms with E-state index in [1.54, 1.807) is 31.2 Å². The average molecular weight is 322 g/mol. The highest BCUT2D eigenvalue weighted by molar-refractivity contribution is 7.89. The van der Waals surface area contributed by atoms with Crippen LogP contribution < -0.4 is 5.32 Å². The number of hydrogen-bond donors (Lipinski definition) is 1. The largest absolute Gasteiger partial charge is 0.459 e. The van der Waals surface area contributed by atoms with E-state index in [0.29, 0.717) is 5.56 Å². The van der Waals surface area contributed by atoms with Crippen molar-refractivity contribution < 1.29 is 17.6 Å². The summed E-state index contributed by atoms with van der Waals surface area (Å²) >= 11 is 0. The smallest absolute Gasteiger partial charge is 0.287 e. The number of carbonyl (C=O) groups is 1. The van der Waals surface area contributed by atoms with Gasteiger partial charge in [0, 0.05) is 26.2 Å². The van der Waals surface area contributed by atoms with Crippen LogP contribution in [0.25, 0.3) is 0 Å². The zero-order chi connectivity index (χ0) is 16.3. The summed E-state index contributed by atoms with van der Waals surface area (Å²) in [6, 6.07) is 8.27. The second kappa shape index (κ2) is 6.33. The minimum atomic E-state index is -3.56. The molecule has 0 aliphatic heterocycles. The Morgan fingerprint density at radius 3 is 2.50 bits per heavy atom. The molecule has 1 aromatic heterocycles. The molecule has 1 heterocycles. The van der Waals surface area contributed by atoms with Crippen LogP contribution in [0.5, 0.6) is 0 Å². The van der Waals surface area contributed by atoms with Crippen molar-refractivity contribution in [1.29, 1.82) is 0 Å². The Labute approximate surface area is 129 Å². The normalized spacial score (nSPS) is 11.6. The number of nitrogens with zero attached hydrogens (tertiary/aromatic N) is 1. The number of aryl methyl sites for hydroxylation is 1. The van der Waals surface area contributed by atoms with Gasteiger partial charge in [-0.3, -0.25) is 4.79 Å². The Bertz CT molecular complexity index is 778. The van der Waals surface area contributed by atoms with Crippen molar-refractivity contribution in [3.63, 3.8) is 0 Å². The van der Waals surface area contributed by atoms with Crippen LogP contribution in [0.1, 0.15) is 21.7 Å². The lowest BCUT2D eigenvalue weighted by Gasteiger charge is -2.15. The predicted molar refractivity (Wildman–Crippen MR) is 81.9 cm³/mol. The molecular formula is C15H18N2O4S. The fourth-order valence-electron chi connectivity index (χ4n) is 1.96. The zero-order valence-corrected chi connectivity index (χ0v) is 13.5. The van der Waals surface area contributed by atoms with Crippen molar-refractivity contribution in [1.82, 2.24) is 9.62 Å². The second-order valence-electron chi connectivity index (χ2n) is 5.01. The average Bonchev–Trinajstić information content (AvgIpc) is 2.91. The molecule has 1 aromatic carbocycles. The van der Waals surface area contributed by atoms with E-state index in [-0.39, 0.29) is 23.1 Å². The van der Waals surface area contributed by atoms with Crippen LogP contribution >= 0.6 is 0 Å². The van der Waals surface area contributed by atoms with Crippen LogP contribution in [0.4, 0.5) is 0 Å². The van der Waals surface area contributed by atoms with Gasteiger partial charge in [0.15, 0.2) is 5.76 Å². The summed E-state index contributed by atoms with van der Waals surface area (Å²) in [6.07, 6.45) is 1.44. The summed E-state index contributed by atoms with van der Waals surface area (Å²) in [5.41, 5.74) is 1.25. The summed E-state index contributed by atoms with van der Waals surface area (Å²) in [7, 11) is -0.621. The number of sulfonamides is 1. The molecule has 1 amide bonds. The lowest BCUT2D eigenvalue weighted by Crippen LogP contribution is -2.27. The van der Waals surface area contributed by atoms with Gasteiger partial charge in [0.25, 0.3) is 5.91 Å². The molecule has 7 heteroatoms. The van der Waals surface area contributed by atoms with Gasteiger partial charge in [0.05, 0.1) is 11.2 Å². The van der Waals surface area contributed by atoms with Crippen molar-refractivity contribution in [2.24, 2.45) is 0 Å². The maximum absolute atomic E-state index is 12.3. The van der Waals surface area contributed by atoms with E-state index in [1.807, 2.05) is 0 Å². The van der Waals surface area contributed by atoms with Gasteiger partial charge in [-0.25, -0.2) is 12.7 Å². The summed E-state index contributed by atoms with van der Waals surface area (Å²) in [5.74, 6) is -0.146. The number of benzene rings is 1. The minimum Gasteiger partial charge on any atom is -0.459 e. The first-order valence-corrected chi connectivity index (χ1v) is 8.10. The molecule has 1 N–H and O–H groups in total. The Morgan fingerprint density at radius 2 is 1.91 bits per heavy atom. The van der Waals surface area contributed by atoms with Crippen LogP contribution in [0.2, 0.25) is 0 Å². The van der Waals surface area contributed by atoms with Gasteiger partial charge in [-0.1, -0.05) is 18.2 Å². The van der Waals surface area contributed by atoms with E-state index < -0.39 is 10.0 Å². The van der Waals surface area contributed by atoms with Crippen LogP contribution in [0.15, 0.2) is 45.9 Å². The predicted octanol–water partition coefficient (Wildman–Crippen LogP) is 1.77. The van der Waals surface area contributed by atoms with E-state index in [2.05, 4.69) is 5.32 Å². The van der Waals surface area contributed by atoms with E-state index in [0.717, 1.165) is 9.87 Å². The molecule has 0 saturated heterocycles. The molecule has 0 aliphatic carbocycles. The second-order valence-corrected chi connectivity index (χ2v) is 7.13. The van der Waals surface area contributed by atoms with Gasteiger partial charge < -0.3 is 9.73 Å². The van der Waals surface area contributed by atoms with E-state index in [1.165, 1.54) is 26.4 Å². The maximum Gasteiger partial charge on any atom is 0.287 e. The van der Waals surface area contributed by atoms with E-state index >= 15 is 0 Å². The number of hydrogen-bond acceptors (Lipinski definition) is 4. The summed E-state index contributed by atoms with van der Waals surface area (Å²) < 4.78 is 30.8. The Balaban J connectivity index is 2.21. The molecular weight excluding hydrogens is 304 g/mol. The highest BCUT2D eigenvalue weighted by Gasteiger charge is 2.21. The fourth-order valence-corrected chi connectivity index (χ4v) is 3.07. The maximum atomic E-state index is 12.3. The topological polar surface area (TPSA) is 79.6 Å². The lowest BCUT2D eigenvalue weighted by molar-refractivity contribution is 0.0922. The van der Waals surface area contributed by atoms with Crippen molar-refractivity contribution in [2.45, 2.75) is 18.4 Å². The highest BCUT2D eigenvalue weighted by Crippen LogP contribution is 2.18. The van der Waals surface area contributed by atoms with Crippen molar-refractivity contribution >= 4 is 15.9 Å². The third kappa shape index (κ3) is 3.20. The number of furan rings is 1. The van der Waals surface area contributed by atoms with Gasteiger partial charge in [-0.15, -0.1) is 0 Å². The first kappa shape index (κ1) is 16.3. The van der Waals surface area contributed by atoms with E-state index in [9.17, 15) is 13.2 Å². The molecule has 0 unspecified atom stereocenters. The van der Waals surface area contributed by atoms with Crippen molar-refractivity contribution in [2.75, 3.05) is 14.1 Å². The van der Waals surface area contributed by atoms with Crippen LogP contribution in [-0.2, 0) is 16.6 Å². The van der Waals surface area contributed by atoms with E-state index in [4.69, 9.17) is 4.42 Å². The van der Waals surface area contributed by atoms with Crippen LogP contribution in [0.3, 0.4) is 0 Å². The molecule has 0 spiro atoms. The summed E-state index contributed by atoms with van der Waals surface area (Å²) in [4.78, 5) is 12.2. The molecule has 118 valence electrons. The number of rotatable bonds is 5. The third-order valence-corrected chi connectivity index (χ3v) is 5.15. The first-order chi connectivity index (χ1) is 10.3. The van der Waals surface area contributed by atoms with Crippen molar-refractivity contribution in [3.8, 4) is 0 Å². The lowest BCUT2D eigenvalue weighted by atomic mass is 10.2. The summed E-state index contributed by atoms with van der Waals surface area (Å²) in [6.45, 7) is 1.87. The SMILES string of the molecule is Cc1ccoc1C(=O)NCc1ccccc1S(=O)(=O)N(C)C. The summed E-state index contributed by atoms with van der Waals surface area (Å²) in [5, 5.41) is 2.68. The Kier molecular flexibility index (Phi) is 4.68. The Morgan fingerprint density at radius 1 is 1.23 bits per heavy atom. The molecule has 6 nitrogen and oxygen atoms in total. The zero-order valence-electron chi connectivity index (χ0n) is 12.7. The van der Waals surface area contributed by atoms with Gasteiger partial charge in [-0.2, -0.15) is 0 Å². The van der Waals surface area contributed by atoms with Gasteiger partial charge in [0.2, 0.25) is 10.0 Å². The van der Waals surface area contributed by atoms with Crippen molar-refractivity contribution in [3.05, 3.63) is 53.5 Å². The van der Waals surface area contributed by atoms with Gasteiger partial charge >= 0.3 is 0 Å². The first-order valence-electron chi connectivity index (χ1n) is 6.66. The molecule has 0 atom stereocenters. The molecule has 0 saturated carbocycles. The Hall–Kier alpha value is -2.12. The molecule has 0 aliphatic rings. The molecule has 0 fully saturated rings. The highest BCUT2D eigenvalue weighted by atomic mass is 32.2. The van der Waals surface area contributed by atoms with Gasteiger partial charge in [0.1, 0.15) is 0 Å². The molecule has 0 radical (unpaired) electrons. The molecule has 2 aromatic rings. The monoisotopic (exact) mass is 322 g/mol. The van der Waals surface area contributed by atoms with Gasteiger partial charge in [-0.05, 0) is 24.6 Å². The number of carbonyl (C=O) groups excluding carboxylic acids is 1.